The largest absolute Gasteiger partial charge is 0.299 e. The molecule has 5 rings (SSSR count). The summed E-state index contributed by atoms with van der Waals surface area (Å²) in [5.74, 6) is -0.871. The molecule has 0 radical (unpaired) electrons. The van der Waals surface area contributed by atoms with Gasteiger partial charge in [0.1, 0.15) is 5.78 Å². The molecular weight excluding hydrogens is 508 g/mol. The molecule has 7 nitrogen and oxygen atoms in total. The van der Waals surface area contributed by atoms with Gasteiger partial charge in [-0.2, -0.15) is 8.61 Å². The number of Topliss-reactive ketones (excluding diaryl/α,β-unsaturated/α-hetero) is 1. The number of rotatable bonds is 5. The average molecular weight is 539 g/mol. The predicted octanol–water partition coefficient (Wildman–Crippen LogP) is 4.09. The van der Waals surface area contributed by atoms with Gasteiger partial charge in [0, 0.05) is 24.9 Å². The predicted molar refractivity (Wildman–Crippen MR) is 142 cm³/mol. The van der Waals surface area contributed by atoms with E-state index in [1.165, 1.54) is 8.61 Å². The van der Waals surface area contributed by atoms with Crippen molar-refractivity contribution in [2.24, 2.45) is 5.92 Å². The average Bonchev–Trinajstić information content (AvgIpc) is 2.88. The van der Waals surface area contributed by atoms with Gasteiger partial charge in [0.2, 0.25) is 20.0 Å². The Hall–Kier alpha value is -2.85. The van der Waals surface area contributed by atoms with Gasteiger partial charge in [-0.3, -0.25) is 4.79 Å². The summed E-state index contributed by atoms with van der Waals surface area (Å²) in [6.45, 7) is 1.84. The number of piperidine rings is 2. The molecule has 0 saturated carbocycles. The lowest BCUT2D eigenvalue weighted by molar-refractivity contribution is -0.132. The van der Waals surface area contributed by atoms with Crippen LogP contribution in [0.25, 0.3) is 0 Å². The van der Waals surface area contributed by atoms with Crippen LogP contribution in [0.15, 0.2) is 89.8 Å². The van der Waals surface area contributed by atoms with Crippen molar-refractivity contribution >= 4 is 25.8 Å². The molecule has 2 aliphatic rings. The van der Waals surface area contributed by atoms with E-state index in [1.807, 2.05) is 67.6 Å². The number of carbonyl (C=O) groups excluding carboxylic acids is 1. The third-order valence-electron chi connectivity index (χ3n) is 7.49. The molecule has 3 aromatic rings. The maximum absolute atomic E-state index is 14.2. The van der Waals surface area contributed by atoms with Crippen LogP contribution in [-0.2, 0) is 24.8 Å². The molecule has 2 fully saturated rings. The summed E-state index contributed by atoms with van der Waals surface area (Å²) in [5.41, 5.74) is 2.45. The quantitative estimate of drug-likeness (QED) is 0.488. The lowest BCUT2D eigenvalue weighted by Crippen LogP contribution is -2.60. The van der Waals surface area contributed by atoms with Gasteiger partial charge in [-0.25, -0.2) is 16.8 Å². The van der Waals surface area contributed by atoms with Crippen LogP contribution in [0.4, 0.5) is 0 Å². The normalized spacial score (nSPS) is 25.5. The van der Waals surface area contributed by atoms with Crippen molar-refractivity contribution in [3.63, 3.8) is 0 Å². The van der Waals surface area contributed by atoms with Crippen LogP contribution in [0.2, 0.25) is 0 Å². The van der Waals surface area contributed by atoms with Gasteiger partial charge in [0.15, 0.2) is 0 Å². The first-order chi connectivity index (χ1) is 17.6. The van der Waals surface area contributed by atoms with Crippen LogP contribution in [0.5, 0.6) is 0 Å². The highest BCUT2D eigenvalue weighted by atomic mass is 32.2. The van der Waals surface area contributed by atoms with Crippen molar-refractivity contribution in [3.8, 4) is 0 Å². The Morgan fingerprint density at radius 1 is 0.757 bits per heavy atom. The molecule has 0 amide bonds. The van der Waals surface area contributed by atoms with Crippen molar-refractivity contribution in [3.05, 3.63) is 102 Å². The zero-order chi connectivity index (χ0) is 26.4. The maximum atomic E-state index is 14.2. The fourth-order valence-electron chi connectivity index (χ4n) is 5.68. The van der Waals surface area contributed by atoms with Gasteiger partial charge < -0.3 is 0 Å². The van der Waals surface area contributed by atoms with Gasteiger partial charge in [0.25, 0.3) is 0 Å². The SMILES string of the molecule is Cc1ccc(S(=O)(=O)N2[C@H](c3ccccc3)CC(=O)[C@@H]3CN(S(C)(=O)=O)[C@H](c4ccccc4)C[C@@H]32)cc1. The van der Waals surface area contributed by atoms with Crippen LogP contribution in [0.1, 0.15) is 41.6 Å². The summed E-state index contributed by atoms with van der Waals surface area (Å²) >= 11 is 0. The van der Waals surface area contributed by atoms with E-state index in [9.17, 15) is 21.6 Å². The number of fused-ring (bicyclic) bond motifs is 1. The topological polar surface area (TPSA) is 91.8 Å². The molecule has 0 bridgehead atoms. The van der Waals surface area contributed by atoms with Crippen molar-refractivity contribution in [1.29, 1.82) is 0 Å². The van der Waals surface area contributed by atoms with E-state index in [-0.39, 0.29) is 30.1 Å². The number of nitrogens with zero attached hydrogens (tertiary/aromatic N) is 2. The first-order valence-electron chi connectivity index (χ1n) is 12.3. The summed E-state index contributed by atoms with van der Waals surface area (Å²) < 4.78 is 57.1. The highest BCUT2D eigenvalue weighted by molar-refractivity contribution is 7.89. The molecule has 0 N–H and O–H groups in total. The first-order valence-corrected chi connectivity index (χ1v) is 15.6. The fourth-order valence-corrected chi connectivity index (χ4v) is 8.62. The molecular formula is C28H30N2O5S2. The molecule has 9 heteroatoms. The standard InChI is InChI=1S/C28H30N2O5S2/c1-20-13-15-23(16-14-20)37(34,35)30-26(22-11-7-4-8-12-22)18-28(31)24-19-29(36(2,32)33)25(17-27(24)30)21-9-5-3-6-10-21/h3-16,24-27H,17-19H2,1-2H3/t24-,25+,26+,27+/m1/s1. The Balaban J connectivity index is 1.66. The Labute approximate surface area is 218 Å². The van der Waals surface area contributed by atoms with E-state index in [0.717, 1.165) is 22.9 Å². The van der Waals surface area contributed by atoms with Crippen molar-refractivity contribution in [2.45, 2.75) is 42.8 Å². The van der Waals surface area contributed by atoms with E-state index >= 15 is 0 Å². The van der Waals surface area contributed by atoms with Gasteiger partial charge in [0.05, 0.1) is 23.2 Å². The molecule has 0 spiro atoms. The van der Waals surface area contributed by atoms with Crippen LogP contribution in [0.3, 0.4) is 0 Å². The van der Waals surface area contributed by atoms with Crippen molar-refractivity contribution < 1.29 is 21.6 Å². The second-order valence-corrected chi connectivity index (χ2v) is 13.7. The van der Waals surface area contributed by atoms with Crippen molar-refractivity contribution in [2.75, 3.05) is 12.8 Å². The Kier molecular flexibility index (Phi) is 6.83. The summed E-state index contributed by atoms with van der Waals surface area (Å²) in [4.78, 5) is 13.7. The highest BCUT2D eigenvalue weighted by Crippen LogP contribution is 2.47. The van der Waals surface area contributed by atoms with E-state index < -0.39 is 44.1 Å². The minimum Gasteiger partial charge on any atom is -0.299 e. The minimum atomic E-state index is -4.02. The zero-order valence-corrected chi connectivity index (χ0v) is 22.4. The van der Waals surface area contributed by atoms with Gasteiger partial charge in [-0.15, -0.1) is 0 Å². The number of aryl methyl sites for hydroxylation is 1. The smallest absolute Gasteiger partial charge is 0.243 e. The number of hydrogen-bond donors (Lipinski definition) is 0. The third-order valence-corrected chi connectivity index (χ3v) is 10.7. The van der Waals surface area contributed by atoms with Gasteiger partial charge in [-0.1, -0.05) is 78.4 Å². The molecule has 2 aliphatic heterocycles. The molecule has 37 heavy (non-hydrogen) atoms. The Morgan fingerprint density at radius 3 is 1.84 bits per heavy atom. The van der Waals surface area contributed by atoms with Gasteiger partial charge in [-0.05, 0) is 36.6 Å². The highest BCUT2D eigenvalue weighted by Gasteiger charge is 2.53. The Bertz CT molecular complexity index is 1490. The van der Waals surface area contributed by atoms with E-state index in [1.54, 1.807) is 24.3 Å². The summed E-state index contributed by atoms with van der Waals surface area (Å²) in [5, 5.41) is 0. The zero-order valence-electron chi connectivity index (χ0n) is 20.8. The maximum Gasteiger partial charge on any atom is 0.243 e. The van der Waals surface area contributed by atoms with Crippen LogP contribution >= 0.6 is 0 Å². The molecule has 0 aromatic heterocycles. The second kappa shape index (κ2) is 9.79. The molecule has 2 saturated heterocycles. The number of hydrogen-bond acceptors (Lipinski definition) is 5. The van der Waals surface area contributed by atoms with E-state index in [4.69, 9.17) is 0 Å². The summed E-state index contributed by atoms with van der Waals surface area (Å²) in [7, 11) is -7.67. The van der Waals surface area contributed by atoms with Crippen LogP contribution in [0, 0.1) is 12.8 Å². The number of benzene rings is 3. The lowest BCUT2D eigenvalue weighted by atomic mass is 9.77. The van der Waals surface area contributed by atoms with Crippen molar-refractivity contribution in [1.82, 2.24) is 8.61 Å². The number of ketones is 1. The molecule has 0 unspecified atom stereocenters. The minimum absolute atomic E-state index is 0.0100. The number of sulfonamides is 2. The number of carbonyl (C=O) groups is 1. The fraction of sp³-hybridized carbons (Fsp3) is 0.321. The first kappa shape index (κ1) is 25.8. The Morgan fingerprint density at radius 2 is 1.30 bits per heavy atom. The van der Waals surface area contributed by atoms with Crippen LogP contribution in [-0.4, -0.2) is 50.1 Å². The molecule has 3 aromatic carbocycles. The summed E-state index contributed by atoms with van der Waals surface area (Å²) in [6, 6.07) is 23.2. The third kappa shape index (κ3) is 4.88. The van der Waals surface area contributed by atoms with Gasteiger partial charge >= 0.3 is 0 Å². The van der Waals surface area contributed by atoms with Crippen LogP contribution < -0.4 is 0 Å². The van der Waals surface area contributed by atoms with E-state index in [0.29, 0.717) is 0 Å². The molecule has 4 atom stereocenters. The summed E-state index contributed by atoms with van der Waals surface area (Å²) in [6.07, 6.45) is 1.32. The molecule has 194 valence electrons. The van der Waals surface area contributed by atoms with E-state index in [2.05, 4.69) is 0 Å². The molecule has 0 aliphatic carbocycles. The monoisotopic (exact) mass is 538 g/mol. The molecule has 2 heterocycles. The second-order valence-electron chi connectivity index (χ2n) is 9.91. The lowest BCUT2D eigenvalue weighted by Gasteiger charge is -2.51.